The van der Waals surface area contributed by atoms with Gasteiger partial charge in [0, 0.05) is 31.6 Å². The van der Waals surface area contributed by atoms with Crippen LogP contribution in [0, 0.1) is 34.5 Å². The largest absolute Gasteiger partial charge is 0.465 e. The van der Waals surface area contributed by atoms with Gasteiger partial charge >= 0.3 is 11.9 Å². The highest BCUT2D eigenvalue weighted by Gasteiger charge is 2.66. The van der Waals surface area contributed by atoms with Gasteiger partial charge in [-0.2, -0.15) is 0 Å². The molecule has 0 amide bonds. The highest BCUT2D eigenvalue weighted by atomic mass is 16.5. The van der Waals surface area contributed by atoms with Crippen LogP contribution in [0.15, 0.2) is 12.2 Å². The second-order valence-electron chi connectivity index (χ2n) is 9.61. The lowest BCUT2D eigenvalue weighted by Gasteiger charge is -2.59. The van der Waals surface area contributed by atoms with Crippen LogP contribution >= 0.6 is 0 Å². The van der Waals surface area contributed by atoms with Gasteiger partial charge in [-0.05, 0) is 55.9 Å². The van der Waals surface area contributed by atoms with Crippen LogP contribution in [0.4, 0.5) is 0 Å². The molecule has 4 aliphatic rings. The molecule has 0 aliphatic heterocycles. The summed E-state index contributed by atoms with van der Waals surface area (Å²) in [6.45, 7) is 4.83. The van der Waals surface area contributed by atoms with Gasteiger partial charge in [0.2, 0.25) is 0 Å². The minimum absolute atomic E-state index is 0.0203. The molecule has 6 nitrogen and oxygen atoms in total. The van der Waals surface area contributed by atoms with Gasteiger partial charge in [0.05, 0.1) is 5.41 Å². The Morgan fingerprint density at radius 1 is 1.10 bits per heavy atom. The molecule has 158 valence electrons. The molecule has 0 aromatic heterocycles. The fraction of sp³-hybridized carbons (Fsp3) is 0.739. The molecule has 0 saturated heterocycles. The topological polar surface area (TPSA) is 86.7 Å². The Bertz CT molecular complexity index is 784. The van der Waals surface area contributed by atoms with E-state index in [0.29, 0.717) is 25.0 Å². The molecule has 0 aromatic carbocycles. The first-order valence-electron chi connectivity index (χ1n) is 10.7. The van der Waals surface area contributed by atoms with Gasteiger partial charge in [-0.3, -0.25) is 19.2 Å². The quantitative estimate of drug-likeness (QED) is 0.675. The highest BCUT2D eigenvalue weighted by Crippen LogP contribution is 2.64. The predicted octanol–water partition coefficient (Wildman–Crippen LogP) is 3.03. The normalized spacial score (nSPS) is 43.2. The summed E-state index contributed by atoms with van der Waals surface area (Å²) in [5.74, 6) is -0.384. The van der Waals surface area contributed by atoms with Crippen molar-refractivity contribution < 1.29 is 28.7 Å². The minimum atomic E-state index is -0.879. The molecule has 0 N–H and O–H groups in total. The summed E-state index contributed by atoms with van der Waals surface area (Å²) >= 11 is 0. The van der Waals surface area contributed by atoms with E-state index in [1.165, 1.54) is 13.8 Å². The maximum Gasteiger partial charge on any atom is 0.302 e. The number of fused-ring (bicyclic) bond motifs is 5. The number of carbonyl (C=O) groups excluding carboxylic acids is 4. The Labute approximate surface area is 171 Å². The van der Waals surface area contributed by atoms with E-state index >= 15 is 0 Å². The lowest BCUT2D eigenvalue weighted by atomic mass is 9.44. The van der Waals surface area contributed by atoms with Crippen molar-refractivity contribution in [2.75, 3.05) is 6.61 Å². The molecule has 3 saturated carbocycles. The monoisotopic (exact) mass is 402 g/mol. The van der Waals surface area contributed by atoms with Gasteiger partial charge in [-0.25, -0.2) is 0 Å². The third-order valence-electron chi connectivity index (χ3n) is 8.37. The first-order valence-corrected chi connectivity index (χ1v) is 10.7. The molecular formula is C23H30O6. The zero-order valence-electron chi connectivity index (χ0n) is 17.4. The molecule has 29 heavy (non-hydrogen) atoms. The lowest BCUT2D eigenvalue weighted by molar-refractivity contribution is -0.195. The Balaban J connectivity index is 1.80. The number of rotatable bonds is 3. The van der Waals surface area contributed by atoms with Crippen LogP contribution in [-0.2, 0) is 28.7 Å². The second kappa shape index (κ2) is 7.06. The molecular weight excluding hydrogens is 372 g/mol. The van der Waals surface area contributed by atoms with E-state index in [-0.39, 0.29) is 47.4 Å². The van der Waals surface area contributed by atoms with Crippen molar-refractivity contribution >= 4 is 23.5 Å². The van der Waals surface area contributed by atoms with Crippen LogP contribution in [-0.4, -0.2) is 36.2 Å². The van der Waals surface area contributed by atoms with Gasteiger partial charge in [0.15, 0.2) is 5.78 Å². The molecule has 4 aliphatic carbocycles. The average Bonchev–Trinajstić information content (AvgIpc) is 2.95. The average molecular weight is 402 g/mol. The fourth-order valence-corrected chi connectivity index (χ4v) is 7.12. The molecule has 0 bridgehead atoms. The molecule has 0 radical (unpaired) electrons. The zero-order chi connectivity index (χ0) is 21.0. The molecule has 0 spiro atoms. The van der Waals surface area contributed by atoms with Gasteiger partial charge in [0.25, 0.3) is 0 Å². The number of ketones is 2. The Morgan fingerprint density at radius 3 is 2.55 bits per heavy atom. The summed E-state index contributed by atoms with van der Waals surface area (Å²) in [4.78, 5) is 49.6. The first-order chi connectivity index (χ1) is 13.7. The van der Waals surface area contributed by atoms with Crippen molar-refractivity contribution in [3.05, 3.63) is 12.2 Å². The van der Waals surface area contributed by atoms with E-state index in [9.17, 15) is 19.2 Å². The van der Waals surface area contributed by atoms with Crippen molar-refractivity contribution in [2.24, 2.45) is 34.5 Å². The molecule has 3 fully saturated rings. The summed E-state index contributed by atoms with van der Waals surface area (Å²) in [6.07, 6.45) is 7.27. The van der Waals surface area contributed by atoms with Crippen molar-refractivity contribution in [1.82, 2.24) is 0 Å². The van der Waals surface area contributed by atoms with Crippen molar-refractivity contribution in [3.63, 3.8) is 0 Å². The molecule has 6 heteroatoms. The highest BCUT2D eigenvalue weighted by molar-refractivity contribution is 5.97. The number of ether oxygens (including phenoxy) is 2. The smallest absolute Gasteiger partial charge is 0.302 e. The van der Waals surface area contributed by atoms with Crippen molar-refractivity contribution in [3.8, 4) is 0 Å². The predicted molar refractivity (Wildman–Crippen MR) is 104 cm³/mol. The molecule has 7 atom stereocenters. The van der Waals surface area contributed by atoms with Gasteiger partial charge in [-0.15, -0.1) is 0 Å². The number of Topliss-reactive ketones (excluding diaryl/α,β-unsaturated/α-hetero) is 1. The standard InChI is InChI=1S/C23H30O6/c1-13(24)28-12-23-17-9-10-22(3)16(7-8-20(22)26)15(17)11-19(29-14(2)25)18(23)5-4-6-21(23)27/h4,6,15-19H,5,7-12H2,1-3H3/t15-,16+,17-,18-,19+,22-,23-/m1/s1. The number of allylic oxidation sites excluding steroid dienone is 2. The van der Waals surface area contributed by atoms with E-state index in [1.807, 2.05) is 6.08 Å². The maximum absolute atomic E-state index is 13.4. The summed E-state index contributed by atoms with van der Waals surface area (Å²) in [5.41, 5.74) is -1.23. The van der Waals surface area contributed by atoms with Crippen LogP contribution in [0.3, 0.4) is 0 Å². The number of hydrogen-bond acceptors (Lipinski definition) is 6. The van der Waals surface area contributed by atoms with Crippen LogP contribution in [0.1, 0.15) is 59.3 Å². The van der Waals surface area contributed by atoms with Crippen molar-refractivity contribution in [1.29, 1.82) is 0 Å². The Morgan fingerprint density at radius 2 is 1.86 bits per heavy atom. The third-order valence-corrected chi connectivity index (χ3v) is 8.37. The summed E-state index contributed by atoms with van der Waals surface area (Å²) in [5, 5.41) is 0. The molecule has 4 rings (SSSR count). The van der Waals surface area contributed by atoms with E-state index in [2.05, 4.69) is 6.92 Å². The van der Waals surface area contributed by atoms with Gasteiger partial charge in [0.1, 0.15) is 18.5 Å². The minimum Gasteiger partial charge on any atom is -0.465 e. The number of carbonyl (C=O) groups is 4. The second-order valence-corrected chi connectivity index (χ2v) is 9.61. The Hall–Kier alpha value is -1.98. The van der Waals surface area contributed by atoms with Gasteiger partial charge in [-0.1, -0.05) is 13.0 Å². The van der Waals surface area contributed by atoms with E-state index in [0.717, 1.165) is 19.3 Å². The Kier molecular flexibility index (Phi) is 4.94. The van der Waals surface area contributed by atoms with Crippen LogP contribution in [0.5, 0.6) is 0 Å². The van der Waals surface area contributed by atoms with Gasteiger partial charge < -0.3 is 9.47 Å². The van der Waals surface area contributed by atoms with Crippen molar-refractivity contribution in [2.45, 2.75) is 65.4 Å². The fourth-order valence-electron chi connectivity index (χ4n) is 7.12. The summed E-state index contributed by atoms with van der Waals surface area (Å²) in [6, 6.07) is 0. The summed E-state index contributed by atoms with van der Waals surface area (Å²) in [7, 11) is 0. The molecule has 0 heterocycles. The number of hydrogen-bond donors (Lipinski definition) is 0. The molecule has 0 unspecified atom stereocenters. The molecule has 0 aromatic rings. The van der Waals surface area contributed by atoms with E-state index < -0.39 is 17.5 Å². The SMILES string of the molecule is CC(=O)OC[C@]12C(=O)C=CC[C@@H]1[C@@H](OC(C)=O)C[C@H]1[C@H]2CC[C@@]2(C)C(=O)CC[C@@H]12. The van der Waals surface area contributed by atoms with E-state index in [1.54, 1.807) is 6.08 Å². The van der Waals surface area contributed by atoms with Crippen LogP contribution < -0.4 is 0 Å². The maximum atomic E-state index is 13.4. The van der Waals surface area contributed by atoms with E-state index in [4.69, 9.17) is 9.47 Å². The first kappa shape index (κ1) is 20.3. The van der Waals surface area contributed by atoms with Crippen LogP contribution in [0.2, 0.25) is 0 Å². The van der Waals surface area contributed by atoms with Crippen LogP contribution in [0.25, 0.3) is 0 Å². The summed E-state index contributed by atoms with van der Waals surface area (Å²) < 4.78 is 11.2. The number of esters is 2. The lowest BCUT2D eigenvalue weighted by Crippen LogP contribution is -2.63. The zero-order valence-corrected chi connectivity index (χ0v) is 17.4. The third kappa shape index (κ3) is 2.98.